The van der Waals surface area contributed by atoms with Gasteiger partial charge in [0, 0.05) is 5.02 Å². The highest BCUT2D eigenvalue weighted by Gasteiger charge is 2.10. The number of halogens is 1. The number of rotatable bonds is 6. The summed E-state index contributed by atoms with van der Waals surface area (Å²) in [6.45, 7) is -0.236. The van der Waals surface area contributed by atoms with Crippen molar-refractivity contribution in [2.24, 2.45) is 0 Å². The fourth-order valence-electron chi connectivity index (χ4n) is 1.94. The van der Waals surface area contributed by atoms with Gasteiger partial charge in [-0.3, -0.25) is 4.79 Å². The number of methoxy groups -OCH3 is 2. The maximum atomic E-state index is 12.0. The second-order valence-electron chi connectivity index (χ2n) is 4.70. The first-order valence-electron chi connectivity index (χ1n) is 6.98. The molecule has 2 aromatic rings. The standard InChI is InChI=1S/C17H16ClNO5/c1-22-15-7-6-12(18)9-14(15)19-16(20)10-24-13-5-3-4-11(8-13)17(21)23-2/h3-9H,10H2,1-2H3,(H,19,20). The van der Waals surface area contributed by atoms with Crippen molar-refractivity contribution in [2.75, 3.05) is 26.1 Å². The number of hydrogen-bond donors (Lipinski definition) is 1. The molecule has 0 spiro atoms. The van der Waals surface area contributed by atoms with Crippen LogP contribution in [0.2, 0.25) is 5.02 Å². The Morgan fingerprint density at radius 2 is 1.92 bits per heavy atom. The summed E-state index contributed by atoms with van der Waals surface area (Å²) in [6.07, 6.45) is 0. The van der Waals surface area contributed by atoms with E-state index in [-0.39, 0.29) is 12.5 Å². The molecule has 0 radical (unpaired) electrons. The number of anilines is 1. The van der Waals surface area contributed by atoms with Crippen LogP contribution in [0.15, 0.2) is 42.5 Å². The Hall–Kier alpha value is -2.73. The zero-order chi connectivity index (χ0) is 17.5. The third-order valence-corrected chi connectivity index (χ3v) is 3.30. The molecule has 0 atom stereocenters. The van der Waals surface area contributed by atoms with Gasteiger partial charge in [0.1, 0.15) is 11.5 Å². The maximum absolute atomic E-state index is 12.0. The SMILES string of the molecule is COC(=O)c1cccc(OCC(=O)Nc2cc(Cl)ccc2OC)c1. The van der Waals surface area contributed by atoms with E-state index < -0.39 is 5.97 Å². The van der Waals surface area contributed by atoms with E-state index in [1.807, 2.05) is 0 Å². The molecule has 0 heterocycles. The molecule has 0 aliphatic rings. The maximum Gasteiger partial charge on any atom is 0.337 e. The summed E-state index contributed by atoms with van der Waals surface area (Å²) in [5, 5.41) is 3.13. The number of carbonyl (C=O) groups excluding carboxylic acids is 2. The van der Waals surface area contributed by atoms with Crippen LogP contribution in [0.1, 0.15) is 10.4 Å². The lowest BCUT2D eigenvalue weighted by molar-refractivity contribution is -0.118. The highest BCUT2D eigenvalue weighted by atomic mass is 35.5. The smallest absolute Gasteiger partial charge is 0.337 e. The molecular formula is C17H16ClNO5. The van der Waals surface area contributed by atoms with Gasteiger partial charge < -0.3 is 19.5 Å². The lowest BCUT2D eigenvalue weighted by Crippen LogP contribution is -2.20. The molecule has 0 unspecified atom stereocenters. The predicted octanol–water partition coefficient (Wildman–Crippen LogP) is 3.15. The Bertz CT molecular complexity index is 748. The molecule has 7 heteroatoms. The lowest BCUT2D eigenvalue weighted by Gasteiger charge is -2.11. The van der Waals surface area contributed by atoms with Crippen LogP contribution in [0, 0.1) is 0 Å². The van der Waals surface area contributed by atoms with Gasteiger partial charge in [0.15, 0.2) is 6.61 Å². The summed E-state index contributed by atoms with van der Waals surface area (Å²) >= 11 is 5.91. The van der Waals surface area contributed by atoms with E-state index in [4.69, 9.17) is 21.1 Å². The van der Waals surface area contributed by atoms with Gasteiger partial charge in [0.05, 0.1) is 25.5 Å². The van der Waals surface area contributed by atoms with Crippen LogP contribution in [0.3, 0.4) is 0 Å². The largest absolute Gasteiger partial charge is 0.495 e. The molecule has 0 aliphatic heterocycles. The molecule has 1 amide bonds. The van der Waals surface area contributed by atoms with Gasteiger partial charge in [-0.25, -0.2) is 4.79 Å². The average Bonchev–Trinajstić information content (AvgIpc) is 2.59. The Kier molecular flexibility index (Phi) is 6.03. The lowest BCUT2D eigenvalue weighted by atomic mass is 10.2. The summed E-state index contributed by atoms with van der Waals surface area (Å²) in [5.74, 6) is -0.000786. The van der Waals surface area contributed by atoms with Gasteiger partial charge in [-0.2, -0.15) is 0 Å². The molecule has 2 rings (SSSR count). The van der Waals surface area contributed by atoms with Crippen molar-refractivity contribution in [3.63, 3.8) is 0 Å². The van der Waals surface area contributed by atoms with E-state index >= 15 is 0 Å². The zero-order valence-corrected chi connectivity index (χ0v) is 13.9. The van der Waals surface area contributed by atoms with Crippen LogP contribution in [-0.4, -0.2) is 32.7 Å². The second-order valence-corrected chi connectivity index (χ2v) is 5.14. The van der Waals surface area contributed by atoms with Gasteiger partial charge in [0.2, 0.25) is 0 Å². The first-order chi connectivity index (χ1) is 11.5. The first-order valence-corrected chi connectivity index (χ1v) is 7.36. The number of ether oxygens (including phenoxy) is 3. The third kappa shape index (κ3) is 4.63. The van der Waals surface area contributed by atoms with Gasteiger partial charge in [0.25, 0.3) is 5.91 Å². The minimum absolute atomic E-state index is 0.236. The number of amides is 1. The number of hydrogen-bond acceptors (Lipinski definition) is 5. The Balaban J connectivity index is 1.99. The molecular weight excluding hydrogens is 334 g/mol. The van der Waals surface area contributed by atoms with Gasteiger partial charge in [-0.15, -0.1) is 0 Å². The van der Waals surface area contributed by atoms with Crippen molar-refractivity contribution in [3.05, 3.63) is 53.1 Å². The summed E-state index contributed by atoms with van der Waals surface area (Å²) < 4.78 is 15.2. The fraction of sp³-hybridized carbons (Fsp3) is 0.176. The van der Waals surface area contributed by atoms with E-state index in [1.54, 1.807) is 36.4 Å². The highest BCUT2D eigenvalue weighted by Crippen LogP contribution is 2.27. The highest BCUT2D eigenvalue weighted by molar-refractivity contribution is 6.31. The van der Waals surface area contributed by atoms with Crippen molar-refractivity contribution in [2.45, 2.75) is 0 Å². The fourth-order valence-corrected chi connectivity index (χ4v) is 2.12. The Labute approximate surface area is 144 Å². The van der Waals surface area contributed by atoms with Gasteiger partial charge >= 0.3 is 5.97 Å². The zero-order valence-electron chi connectivity index (χ0n) is 13.2. The number of nitrogens with one attached hydrogen (secondary N) is 1. The Morgan fingerprint density at radius 3 is 2.62 bits per heavy atom. The minimum atomic E-state index is -0.478. The molecule has 2 aromatic carbocycles. The summed E-state index contributed by atoms with van der Waals surface area (Å²) in [5.41, 5.74) is 0.786. The number of carbonyl (C=O) groups is 2. The predicted molar refractivity (Wildman–Crippen MR) is 89.9 cm³/mol. The van der Waals surface area contributed by atoms with Gasteiger partial charge in [-0.05, 0) is 36.4 Å². The summed E-state index contributed by atoms with van der Waals surface area (Å²) in [4.78, 5) is 23.5. The van der Waals surface area contributed by atoms with E-state index in [0.29, 0.717) is 27.8 Å². The van der Waals surface area contributed by atoms with Crippen molar-refractivity contribution >= 4 is 29.2 Å². The van der Waals surface area contributed by atoms with Crippen LogP contribution in [-0.2, 0) is 9.53 Å². The van der Waals surface area contributed by atoms with Crippen molar-refractivity contribution < 1.29 is 23.8 Å². The van der Waals surface area contributed by atoms with Crippen molar-refractivity contribution in [3.8, 4) is 11.5 Å². The molecule has 126 valence electrons. The van der Waals surface area contributed by atoms with Gasteiger partial charge in [-0.1, -0.05) is 17.7 Å². The first kappa shape index (κ1) is 17.6. The van der Waals surface area contributed by atoms with Crippen molar-refractivity contribution in [1.82, 2.24) is 0 Å². The molecule has 0 saturated heterocycles. The van der Waals surface area contributed by atoms with E-state index in [0.717, 1.165) is 0 Å². The molecule has 1 N–H and O–H groups in total. The molecule has 0 saturated carbocycles. The van der Waals surface area contributed by atoms with Crippen LogP contribution < -0.4 is 14.8 Å². The molecule has 0 aromatic heterocycles. The molecule has 6 nitrogen and oxygen atoms in total. The molecule has 0 fully saturated rings. The van der Waals surface area contributed by atoms with Crippen LogP contribution in [0.5, 0.6) is 11.5 Å². The number of benzene rings is 2. The van der Waals surface area contributed by atoms with E-state index in [2.05, 4.69) is 10.1 Å². The molecule has 0 aliphatic carbocycles. The van der Waals surface area contributed by atoms with Crippen molar-refractivity contribution in [1.29, 1.82) is 0 Å². The third-order valence-electron chi connectivity index (χ3n) is 3.06. The topological polar surface area (TPSA) is 73.9 Å². The second kappa shape index (κ2) is 8.21. The Morgan fingerprint density at radius 1 is 1.12 bits per heavy atom. The van der Waals surface area contributed by atoms with Crippen LogP contribution in [0.4, 0.5) is 5.69 Å². The summed E-state index contributed by atoms with van der Waals surface area (Å²) in [7, 11) is 2.79. The van der Waals surface area contributed by atoms with E-state index in [9.17, 15) is 9.59 Å². The quantitative estimate of drug-likeness (QED) is 0.811. The molecule has 0 bridgehead atoms. The summed E-state index contributed by atoms with van der Waals surface area (Å²) in [6, 6.07) is 11.3. The minimum Gasteiger partial charge on any atom is -0.495 e. The normalized spacial score (nSPS) is 9.96. The monoisotopic (exact) mass is 349 g/mol. The molecule has 24 heavy (non-hydrogen) atoms. The van der Waals surface area contributed by atoms with Crippen LogP contribution >= 0.6 is 11.6 Å². The number of esters is 1. The average molecular weight is 350 g/mol. The van der Waals surface area contributed by atoms with Crippen LogP contribution in [0.25, 0.3) is 0 Å². The van der Waals surface area contributed by atoms with E-state index in [1.165, 1.54) is 20.3 Å².